The summed E-state index contributed by atoms with van der Waals surface area (Å²) in [5.74, 6) is 1.30. The normalized spacial score (nSPS) is 22.2. The average molecular weight is 472 g/mol. The standard InChI is InChI=1S/C15H11BrIN3O2/c16-8-5-11-13(20-7-8)21-12-2-1-9(17)6-10(12)15(11)3-4-19-14(18)22-15/h1-2,5-7H,3-4H2,(H2,18,19)/t15-/m0/s1. The highest BCUT2D eigenvalue weighted by Crippen LogP contribution is 2.51. The first-order valence-electron chi connectivity index (χ1n) is 6.71. The van der Waals surface area contributed by atoms with Crippen LogP contribution >= 0.6 is 38.5 Å². The number of aromatic nitrogens is 1. The smallest absolute Gasteiger partial charge is 0.283 e. The fourth-order valence-corrected chi connectivity index (χ4v) is 3.74. The maximum absolute atomic E-state index is 6.06. The van der Waals surface area contributed by atoms with Crippen LogP contribution in [0.15, 0.2) is 39.9 Å². The third-order valence-electron chi connectivity index (χ3n) is 3.85. The molecule has 1 aromatic heterocycles. The zero-order valence-corrected chi connectivity index (χ0v) is 15.1. The van der Waals surface area contributed by atoms with Gasteiger partial charge in [-0.25, -0.2) is 9.98 Å². The summed E-state index contributed by atoms with van der Waals surface area (Å²) in [5, 5.41) is 0. The average Bonchev–Trinajstić information content (AvgIpc) is 2.49. The molecule has 1 spiro atoms. The Bertz CT molecular complexity index is 758. The van der Waals surface area contributed by atoms with E-state index in [1.807, 2.05) is 18.2 Å². The van der Waals surface area contributed by atoms with Gasteiger partial charge in [-0.05, 0) is 62.8 Å². The van der Waals surface area contributed by atoms with Crippen molar-refractivity contribution in [2.45, 2.75) is 12.0 Å². The fraction of sp³-hybridized carbons (Fsp3) is 0.200. The minimum Gasteiger partial charge on any atom is -0.449 e. The second-order valence-electron chi connectivity index (χ2n) is 5.15. The van der Waals surface area contributed by atoms with E-state index in [0.29, 0.717) is 18.8 Å². The van der Waals surface area contributed by atoms with E-state index in [2.05, 4.69) is 54.6 Å². The number of amidine groups is 1. The number of hydrogen-bond acceptors (Lipinski definition) is 5. The van der Waals surface area contributed by atoms with Gasteiger partial charge >= 0.3 is 0 Å². The van der Waals surface area contributed by atoms with Crippen molar-refractivity contribution in [3.8, 4) is 11.6 Å². The molecule has 112 valence electrons. The van der Waals surface area contributed by atoms with Crippen molar-refractivity contribution in [2.75, 3.05) is 6.54 Å². The van der Waals surface area contributed by atoms with E-state index in [0.717, 1.165) is 24.9 Å². The first-order valence-corrected chi connectivity index (χ1v) is 8.58. The molecule has 22 heavy (non-hydrogen) atoms. The number of rotatable bonds is 0. The van der Waals surface area contributed by atoms with Gasteiger partial charge in [0.05, 0.1) is 5.56 Å². The number of benzene rings is 1. The summed E-state index contributed by atoms with van der Waals surface area (Å²) in [6, 6.07) is 8.18. The van der Waals surface area contributed by atoms with E-state index in [1.165, 1.54) is 0 Å². The lowest BCUT2D eigenvalue weighted by Crippen LogP contribution is -2.42. The number of aliphatic imine (C=N–C) groups is 1. The Hall–Kier alpha value is -1.35. The Balaban J connectivity index is 2.01. The molecule has 2 aliphatic heterocycles. The molecule has 4 rings (SSSR count). The lowest BCUT2D eigenvalue weighted by molar-refractivity contribution is 0.0624. The summed E-state index contributed by atoms with van der Waals surface area (Å²) >= 11 is 5.75. The second-order valence-corrected chi connectivity index (χ2v) is 7.31. The molecule has 0 unspecified atom stereocenters. The zero-order chi connectivity index (χ0) is 15.3. The molecule has 0 aliphatic carbocycles. The van der Waals surface area contributed by atoms with Crippen LogP contribution in [0.2, 0.25) is 0 Å². The largest absolute Gasteiger partial charge is 0.449 e. The maximum atomic E-state index is 6.06. The van der Waals surface area contributed by atoms with Gasteiger partial charge in [0.25, 0.3) is 6.02 Å². The molecule has 0 saturated carbocycles. The van der Waals surface area contributed by atoms with Crippen LogP contribution in [0.4, 0.5) is 0 Å². The predicted molar refractivity (Wildman–Crippen MR) is 94.1 cm³/mol. The monoisotopic (exact) mass is 471 g/mol. The number of hydrogen-bond donors (Lipinski definition) is 1. The molecule has 2 aliphatic rings. The Morgan fingerprint density at radius 3 is 2.95 bits per heavy atom. The summed E-state index contributed by atoms with van der Waals surface area (Å²) in [5.41, 5.74) is 7.01. The van der Waals surface area contributed by atoms with E-state index in [-0.39, 0.29) is 6.02 Å². The van der Waals surface area contributed by atoms with Gasteiger partial charge in [-0.3, -0.25) is 0 Å². The van der Waals surface area contributed by atoms with Crippen LogP contribution in [0.3, 0.4) is 0 Å². The third kappa shape index (κ3) is 2.10. The lowest BCUT2D eigenvalue weighted by atomic mass is 9.81. The number of fused-ring (bicyclic) bond motifs is 4. The molecule has 1 aromatic carbocycles. The van der Waals surface area contributed by atoms with Crippen molar-refractivity contribution in [3.05, 3.63) is 49.6 Å². The molecular formula is C15H11BrIN3O2. The van der Waals surface area contributed by atoms with Crippen molar-refractivity contribution in [3.63, 3.8) is 0 Å². The number of ether oxygens (including phenoxy) is 2. The molecule has 2 N–H and O–H groups in total. The minimum absolute atomic E-state index is 0.198. The van der Waals surface area contributed by atoms with Crippen molar-refractivity contribution in [1.29, 1.82) is 0 Å². The summed E-state index contributed by atoms with van der Waals surface area (Å²) in [4.78, 5) is 8.55. The highest BCUT2D eigenvalue weighted by Gasteiger charge is 2.47. The Kier molecular flexibility index (Phi) is 3.30. The summed E-state index contributed by atoms with van der Waals surface area (Å²) in [7, 11) is 0. The van der Waals surface area contributed by atoms with Crippen LogP contribution in [0.5, 0.6) is 11.6 Å². The number of nitrogens with two attached hydrogens (primary N) is 1. The van der Waals surface area contributed by atoms with Gasteiger partial charge in [0, 0.05) is 32.8 Å². The van der Waals surface area contributed by atoms with E-state index >= 15 is 0 Å². The van der Waals surface area contributed by atoms with Crippen LogP contribution in [-0.2, 0) is 10.3 Å². The predicted octanol–water partition coefficient (Wildman–Crippen LogP) is 3.53. The number of pyridine rings is 1. The highest BCUT2D eigenvalue weighted by molar-refractivity contribution is 14.1. The van der Waals surface area contributed by atoms with Crippen LogP contribution in [0.25, 0.3) is 0 Å². The maximum Gasteiger partial charge on any atom is 0.283 e. The Morgan fingerprint density at radius 2 is 2.14 bits per heavy atom. The highest BCUT2D eigenvalue weighted by atomic mass is 127. The van der Waals surface area contributed by atoms with Gasteiger partial charge in [0.2, 0.25) is 5.88 Å². The number of halogens is 2. The van der Waals surface area contributed by atoms with Crippen molar-refractivity contribution >= 4 is 44.5 Å². The van der Waals surface area contributed by atoms with E-state index in [9.17, 15) is 0 Å². The van der Waals surface area contributed by atoms with E-state index in [4.69, 9.17) is 15.2 Å². The molecule has 0 saturated heterocycles. The molecule has 2 aromatic rings. The molecule has 0 bridgehead atoms. The first-order chi connectivity index (χ1) is 10.6. The molecule has 3 heterocycles. The molecule has 0 amide bonds. The van der Waals surface area contributed by atoms with Gasteiger partial charge in [-0.1, -0.05) is 0 Å². The fourth-order valence-electron chi connectivity index (χ4n) is 2.92. The van der Waals surface area contributed by atoms with Crippen LogP contribution in [0, 0.1) is 3.57 Å². The SMILES string of the molecule is NC1=NCC[C@]2(O1)c1cc(I)ccc1Oc1ncc(Br)cc12. The summed E-state index contributed by atoms with van der Waals surface area (Å²) in [6.45, 7) is 0.600. The quantitative estimate of drug-likeness (QED) is 0.597. The van der Waals surface area contributed by atoms with Gasteiger partial charge in [0.15, 0.2) is 5.60 Å². The third-order valence-corrected chi connectivity index (χ3v) is 4.95. The molecule has 0 radical (unpaired) electrons. The molecule has 5 nitrogen and oxygen atoms in total. The molecule has 1 atom stereocenters. The minimum atomic E-state index is -0.702. The van der Waals surface area contributed by atoms with Crippen LogP contribution < -0.4 is 10.5 Å². The van der Waals surface area contributed by atoms with Gasteiger partial charge < -0.3 is 15.2 Å². The first kappa shape index (κ1) is 14.3. The molecular weight excluding hydrogens is 461 g/mol. The van der Waals surface area contributed by atoms with Gasteiger partial charge in [-0.15, -0.1) is 0 Å². The van der Waals surface area contributed by atoms with Gasteiger partial charge in [-0.2, -0.15) is 0 Å². The van der Waals surface area contributed by atoms with Crippen molar-refractivity contribution < 1.29 is 9.47 Å². The molecule has 0 fully saturated rings. The van der Waals surface area contributed by atoms with Crippen molar-refractivity contribution in [2.24, 2.45) is 10.7 Å². The number of nitrogens with zero attached hydrogens (tertiary/aromatic N) is 2. The van der Waals surface area contributed by atoms with Gasteiger partial charge in [0.1, 0.15) is 5.75 Å². The van der Waals surface area contributed by atoms with Crippen molar-refractivity contribution in [1.82, 2.24) is 4.98 Å². The van der Waals surface area contributed by atoms with Crippen LogP contribution in [-0.4, -0.2) is 17.6 Å². The lowest BCUT2D eigenvalue weighted by Gasteiger charge is -2.40. The second kappa shape index (κ2) is 5.09. The summed E-state index contributed by atoms with van der Waals surface area (Å²) < 4.78 is 14.0. The Morgan fingerprint density at radius 1 is 1.27 bits per heavy atom. The Labute approximate surface area is 149 Å². The summed E-state index contributed by atoms with van der Waals surface area (Å²) in [6.07, 6.45) is 2.40. The molecule has 7 heteroatoms. The topological polar surface area (TPSA) is 69.7 Å². The van der Waals surface area contributed by atoms with E-state index in [1.54, 1.807) is 6.20 Å². The zero-order valence-electron chi connectivity index (χ0n) is 11.3. The van der Waals surface area contributed by atoms with E-state index < -0.39 is 5.60 Å². The van der Waals surface area contributed by atoms with Crippen LogP contribution in [0.1, 0.15) is 17.5 Å².